The van der Waals surface area contributed by atoms with Crippen LogP contribution in [0, 0.1) is 5.92 Å². The van der Waals surface area contributed by atoms with E-state index in [4.69, 9.17) is 0 Å². The highest BCUT2D eigenvalue weighted by Crippen LogP contribution is 2.34. The van der Waals surface area contributed by atoms with Crippen LogP contribution in [0.25, 0.3) is 0 Å². The van der Waals surface area contributed by atoms with Crippen LogP contribution in [0.1, 0.15) is 32.3 Å². The number of anilines is 1. The molecular formula is C15H23BrN2. The Morgan fingerprint density at radius 1 is 1.39 bits per heavy atom. The van der Waals surface area contributed by atoms with Crippen molar-refractivity contribution >= 4 is 21.6 Å². The second-order valence-electron chi connectivity index (χ2n) is 5.37. The molecule has 0 aliphatic carbocycles. The van der Waals surface area contributed by atoms with Crippen molar-refractivity contribution in [3.05, 3.63) is 28.2 Å². The van der Waals surface area contributed by atoms with E-state index in [-0.39, 0.29) is 0 Å². The lowest BCUT2D eigenvalue weighted by Gasteiger charge is -2.40. The van der Waals surface area contributed by atoms with Gasteiger partial charge in [0, 0.05) is 23.6 Å². The zero-order valence-electron chi connectivity index (χ0n) is 11.5. The summed E-state index contributed by atoms with van der Waals surface area (Å²) < 4.78 is 1.22. The third kappa shape index (κ3) is 2.89. The summed E-state index contributed by atoms with van der Waals surface area (Å²) in [6, 6.07) is 7.34. The van der Waals surface area contributed by atoms with E-state index >= 15 is 0 Å². The molecule has 0 amide bonds. The monoisotopic (exact) mass is 310 g/mol. The molecule has 1 N–H and O–H groups in total. The molecule has 1 fully saturated rings. The Morgan fingerprint density at radius 2 is 2.17 bits per heavy atom. The third-order valence-electron chi connectivity index (χ3n) is 4.08. The number of benzene rings is 1. The Bertz CT molecular complexity index is 405. The number of halogens is 1. The van der Waals surface area contributed by atoms with E-state index < -0.39 is 0 Å². The fourth-order valence-electron chi connectivity index (χ4n) is 2.77. The highest BCUT2D eigenvalue weighted by Gasteiger charge is 2.25. The molecule has 1 aliphatic heterocycles. The van der Waals surface area contributed by atoms with Crippen LogP contribution in [0.3, 0.4) is 0 Å². The number of hydrogen-bond acceptors (Lipinski definition) is 2. The van der Waals surface area contributed by atoms with Crippen molar-refractivity contribution in [3.8, 4) is 0 Å². The molecule has 3 heteroatoms. The van der Waals surface area contributed by atoms with Gasteiger partial charge in [0.15, 0.2) is 0 Å². The Balaban J connectivity index is 2.22. The molecule has 0 aromatic heterocycles. The van der Waals surface area contributed by atoms with E-state index in [2.05, 4.69) is 58.2 Å². The summed E-state index contributed by atoms with van der Waals surface area (Å²) in [4.78, 5) is 2.54. The van der Waals surface area contributed by atoms with Crippen molar-refractivity contribution < 1.29 is 0 Å². The van der Waals surface area contributed by atoms with Crippen LogP contribution in [0.5, 0.6) is 0 Å². The molecule has 1 saturated heterocycles. The molecule has 1 heterocycles. The Kier molecular flexibility index (Phi) is 4.68. The van der Waals surface area contributed by atoms with E-state index in [9.17, 15) is 0 Å². The Labute approximate surface area is 119 Å². The van der Waals surface area contributed by atoms with Crippen LogP contribution < -0.4 is 10.2 Å². The molecule has 1 aromatic carbocycles. The summed E-state index contributed by atoms with van der Waals surface area (Å²) in [5, 5.41) is 3.19. The summed E-state index contributed by atoms with van der Waals surface area (Å²) in [6.07, 6.45) is 2.66. The molecule has 1 aliphatic rings. The smallest absolute Gasteiger partial charge is 0.0513 e. The van der Waals surface area contributed by atoms with Crippen molar-refractivity contribution in [1.29, 1.82) is 0 Å². The molecule has 2 nitrogen and oxygen atoms in total. The van der Waals surface area contributed by atoms with E-state index in [0.717, 1.165) is 12.5 Å². The largest absolute Gasteiger partial charge is 0.368 e. The van der Waals surface area contributed by atoms with Crippen molar-refractivity contribution in [2.75, 3.05) is 18.5 Å². The number of nitrogens with zero attached hydrogens (tertiary/aromatic N) is 1. The minimum atomic E-state index is 0.630. The van der Waals surface area contributed by atoms with Gasteiger partial charge in [-0.3, -0.25) is 0 Å². The van der Waals surface area contributed by atoms with E-state index in [0.29, 0.717) is 6.04 Å². The van der Waals surface area contributed by atoms with Gasteiger partial charge in [-0.1, -0.05) is 13.0 Å². The van der Waals surface area contributed by atoms with E-state index in [1.54, 1.807) is 0 Å². The minimum absolute atomic E-state index is 0.630. The average molecular weight is 311 g/mol. The molecule has 2 rings (SSSR count). The number of rotatable bonds is 3. The first-order valence-electron chi connectivity index (χ1n) is 6.83. The van der Waals surface area contributed by atoms with E-state index in [1.807, 2.05) is 7.05 Å². The Morgan fingerprint density at radius 3 is 2.83 bits per heavy atom. The molecule has 2 atom stereocenters. The average Bonchev–Trinajstić information content (AvgIpc) is 2.34. The lowest BCUT2D eigenvalue weighted by atomic mass is 9.91. The van der Waals surface area contributed by atoms with Gasteiger partial charge in [-0.25, -0.2) is 0 Å². The predicted octanol–water partition coefficient (Wildman–Crippen LogP) is 3.79. The number of nitrogens with one attached hydrogen (secondary N) is 1. The van der Waals surface area contributed by atoms with E-state index in [1.165, 1.54) is 35.1 Å². The molecule has 18 heavy (non-hydrogen) atoms. The zero-order valence-corrected chi connectivity index (χ0v) is 13.1. The maximum Gasteiger partial charge on any atom is 0.0513 e. The van der Waals surface area contributed by atoms with Gasteiger partial charge < -0.3 is 10.2 Å². The summed E-state index contributed by atoms with van der Waals surface area (Å²) in [6.45, 7) is 6.80. The van der Waals surface area contributed by atoms with Gasteiger partial charge >= 0.3 is 0 Å². The van der Waals surface area contributed by atoms with Crippen LogP contribution in [-0.2, 0) is 6.54 Å². The molecule has 0 saturated carbocycles. The lowest BCUT2D eigenvalue weighted by Crippen LogP contribution is -2.42. The topological polar surface area (TPSA) is 15.3 Å². The number of piperidine rings is 1. The van der Waals surface area contributed by atoms with Crippen LogP contribution in [0.4, 0.5) is 5.69 Å². The third-order valence-corrected chi connectivity index (χ3v) is 4.71. The number of hydrogen-bond donors (Lipinski definition) is 1. The van der Waals surface area contributed by atoms with Gasteiger partial charge in [-0.05, 0) is 66.4 Å². The molecule has 0 bridgehead atoms. The lowest BCUT2D eigenvalue weighted by molar-refractivity contribution is 0.363. The van der Waals surface area contributed by atoms with Crippen LogP contribution in [-0.4, -0.2) is 19.6 Å². The first-order chi connectivity index (χ1) is 8.63. The van der Waals surface area contributed by atoms with Gasteiger partial charge in [0.25, 0.3) is 0 Å². The molecule has 100 valence electrons. The summed E-state index contributed by atoms with van der Waals surface area (Å²) in [7, 11) is 1.98. The van der Waals surface area contributed by atoms with Crippen molar-refractivity contribution in [1.82, 2.24) is 5.32 Å². The van der Waals surface area contributed by atoms with Crippen LogP contribution >= 0.6 is 15.9 Å². The molecule has 0 radical (unpaired) electrons. The predicted molar refractivity (Wildman–Crippen MR) is 82.1 cm³/mol. The van der Waals surface area contributed by atoms with Gasteiger partial charge in [0.05, 0.1) is 5.69 Å². The second-order valence-corrected chi connectivity index (χ2v) is 6.22. The fourth-order valence-corrected chi connectivity index (χ4v) is 3.43. The van der Waals surface area contributed by atoms with Crippen molar-refractivity contribution in [2.24, 2.45) is 5.92 Å². The molecule has 2 unspecified atom stereocenters. The first-order valence-corrected chi connectivity index (χ1v) is 7.62. The summed E-state index contributed by atoms with van der Waals surface area (Å²) >= 11 is 3.73. The van der Waals surface area contributed by atoms with Gasteiger partial charge in [0.1, 0.15) is 0 Å². The van der Waals surface area contributed by atoms with Crippen molar-refractivity contribution in [3.63, 3.8) is 0 Å². The highest BCUT2D eigenvalue weighted by molar-refractivity contribution is 9.10. The van der Waals surface area contributed by atoms with Crippen molar-refractivity contribution in [2.45, 2.75) is 39.3 Å². The summed E-state index contributed by atoms with van der Waals surface area (Å²) in [5.74, 6) is 0.780. The zero-order chi connectivity index (χ0) is 13.1. The summed E-state index contributed by atoms with van der Waals surface area (Å²) in [5.41, 5.74) is 2.67. The molecule has 1 aromatic rings. The highest BCUT2D eigenvalue weighted by atomic mass is 79.9. The SMILES string of the molecule is CNCc1ccc(N2CCCC(C)C2C)c(Br)c1. The Hall–Kier alpha value is -0.540. The molecular weight excluding hydrogens is 288 g/mol. The fraction of sp³-hybridized carbons (Fsp3) is 0.600. The maximum absolute atomic E-state index is 3.73. The first kappa shape index (κ1) is 13.9. The quantitative estimate of drug-likeness (QED) is 0.913. The van der Waals surface area contributed by atoms with Gasteiger partial charge in [-0.15, -0.1) is 0 Å². The van der Waals surface area contributed by atoms with Crippen LogP contribution in [0.15, 0.2) is 22.7 Å². The second kappa shape index (κ2) is 6.07. The maximum atomic E-state index is 3.73. The minimum Gasteiger partial charge on any atom is -0.368 e. The normalized spacial score (nSPS) is 24.3. The standard InChI is InChI=1S/C15H23BrN2/c1-11-5-4-8-18(12(11)2)15-7-6-13(10-17-3)9-14(15)16/h6-7,9,11-12,17H,4-5,8,10H2,1-3H3. The van der Waals surface area contributed by atoms with Gasteiger partial charge in [0.2, 0.25) is 0 Å². The van der Waals surface area contributed by atoms with Crippen LogP contribution in [0.2, 0.25) is 0 Å². The van der Waals surface area contributed by atoms with Gasteiger partial charge in [-0.2, -0.15) is 0 Å². The molecule has 0 spiro atoms.